The zero-order valence-electron chi connectivity index (χ0n) is 11.4. The van der Waals surface area contributed by atoms with Crippen molar-refractivity contribution in [1.82, 2.24) is 9.80 Å². The SMILES string of the molecule is O=C1CC2(CCCSC2)C(=O)N1CN1CCCCC1. The van der Waals surface area contributed by atoms with Gasteiger partial charge in [0.25, 0.3) is 0 Å². The summed E-state index contributed by atoms with van der Waals surface area (Å²) in [6.45, 7) is 2.59. The first-order valence-corrected chi connectivity index (χ1v) is 8.52. The third-order valence-electron chi connectivity index (χ3n) is 4.60. The first-order chi connectivity index (χ1) is 9.21. The third kappa shape index (κ3) is 2.55. The maximum Gasteiger partial charge on any atom is 0.237 e. The summed E-state index contributed by atoms with van der Waals surface area (Å²) >= 11 is 1.83. The fourth-order valence-corrected chi connectivity index (χ4v) is 4.72. The van der Waals surface area contributed by atoms with Crippen LogP contribution in [-0.4, -0.2) is 52.9 Å². The summed E-state index contributed by atoms with van der Waals surface area (Å²) in [7, 11) is 0. The zero-order chi connectivity index (χ0) is 13.3. The van der Waals surface area contributed by atoms with Gasteiger partial charge in [0.2, 0.25) is 11.8 Å². The van der Waals surface area contributed by atoms with Crippen LogP contribution in [0.4, 0.5) is 0 Å². The Morgan fingerprint density at radius 1 is 1.11 bits per heavy atom. The summed E-state index contributed by atoms with van der Waals surface area (Å²) in [5.41, 5.74) is -0.351. The molecule has 0 radical (unpaired) electrons. The van der Waals surface area contributed by atoms with E-state index in [9.17, 15) is 9.59 Å². The molecule has 0 aromatic heterocycles. The molecule has 3 aliphatic heterocycles. The van der Waals surface area contributed by atoms with E-state index in [1.54, 1.807) is 0 Å². The van der Waals surface area contributed by atoms with Crippen molar-refractivity contribution in [3.05, 3.63) is 0 Å². The lowest BCUT2D eigenvalue weighted by Gasteiger charge is -2.33. The van der Waals surface area contributed by atoms with E-state index in [4.69, 9.17) is 0 Å². The van der Waals surface area contributed by atoms with Gasteiger partial charge in [0, 0.05) is 12.2 Å². The van der Waals surface area contributed by atoms with E-state index in [1.165, 1.54) is 24.2 Å². The Bertz CT molecular complexity index is 374. The lowest BCUT2D eigenvalue weighted by atomic mass is 9.83. The van der Waals surface area contributed by atoms with Crippen LogP contribution < -0.4 is 0 Å². The molecule has 3 heterocycles. The summed E-state index contributed by atoms with van der Waals surface area (Å²) < 4.78 is 0. The number of carbonyl (C=O) groups excluding carboxylic acids is 2. The molecular weight excluding hydrogens is 260 g/mol. The van der Waals surface area contributed by atoms with Crippen LogP contribution in [0.25, 0.3) is 0 Å². The number of hydrogen-bond donors (Lipinski definition) is 0. The van der Waals surface area contributed by atoms with Crippen LogP contribution in [0.1, 0.15) is 38.5 Å². The fraction of sp³-hybridized carbons (Fsp3) is 0.857. The second-order valence-electron chi connectivity index (χ2n) is 6.06. The van der Waals surface area contributed by atoms with Gasteiger partial charge in [0.15, 0.2) is 0 Å². The quantitative estimate of drug-likeness (QED) is 0.723. The second kappa shape index (κ2) is 5.44. The molecule has 19 heavy (non-hydrogen) atoms. The van der Waals surface area contributed by atoms with Crippen molar-refractivity contribution in [2.75, 3.05) is 31.3 Å². The Morgan fingerprint density at radius 3 is 2.58 bits per heavy atom. The maximum atomic E-state index is 12.6. The van der Waals surface area contributed by atoms with E-state index in [0.29, 0.717) is 13.1 Å². The molecule has 3 fully saturated rings. The summed E-state index contributed by atoms with van der Waals surface area (Å²) in [6, 6.07) is 0. The molecule has 3 rings (SSSR count). The normalized spacial score (nSPS) is 33.4. The highest BCUT2D eigenvalue weighted by Crippen LogP contribution is 2.43. The minimum Gasteiger partial charge on any atom is -0.286 e. The van der Waals surface area contributed by atoms with Crippen molar-refractivity contribution in [3.8, 4) is 0 Å². The van der Waals surface area contributed by atoms with Crippen LogP contribution in [0, 0.1) is 5.41 Å². The second-order valence-corrected chi connectivity index (χ2v) is 7.17. The molecule has 5 heteroatoms. The minimum atomic E-state index is -0.351. The summed E-state index contributed by atoms with van der Waals surface area (Å²) in [4.78, 5) is 28.6. The van der Waals surface area contributed by atoms with Crippen molar-refractivity contribution >= 4 is 23.6 Å². The number of nitrogens with zero attached hydrogens (tertiary/aromatic N) is 2. The number of piperidine rings is 1. The van der Waals surface area contributed by atoms with Gasteiger partial charge in [0.1, 0.15) is 0 Å². The highest BCUT2D eigenvalue weighted by molar-refractivity contribution is 7.99. The Labute approximate surface area is 118 Å². The van der Waals surface area contributed by atoms with Gasteiger partial charge in [-0.15, -0.1) is 0 Å². The van der Waals surface area contributed by atoms with Gasteiger partial charge in [-0.25, -0.2) is 0 Å². The van der Waals surface area contributed by atoms with E-state index < -0.39 is 0 Å². The number of amides is 2. The van der Waals surface area contributed by atoms with Crippen molar-refractivity contribution in [3.63, 3.8) is 0 Å². The smallest absolute Gasteiger partial charge is 0.237 e. The molecule has 2 amide bonds. The monoisotopic (exact) mass is 282 g/mol. The van der Waals surface area contributed by atoms with Crippen LogP contribution in [0.15, 0.2) is 0 Å². The Balaban J connectivity index is 1.68. The molecule has 4 nitrogen and oxygen atoms in total. The number of likely N-dealkylation sites (tertiary alicyclic amines) is 2. The van der Waals surface area contributed by atoms with E-state index in [0.717, 1.165) is 37.4 Å². The molecule has 1 atom stereocenters. The molecule has 106 valence electrons. The van der Waals surface area contributed by atoms with Crippen LogP contribution >= 0.6 is 11.8 Å². The van der Waals surface area contributed by atoms with E-state index in [1.807, 2.05) is 11.8 Å². The molecule has 3 saturated heterocycles. The minimum absolute atomic E-state index is 0.0538. The highest BCUT2D eigenvalue weighted by Gasteiger charge is 2.52. The standard InChI is InChI=1S/C14H22N2O2S/c17-12-9-14(5-4-8-19-10-14)13(18)16(12)11-15-6-2-1-3-7-15/h1-11H2. The number of thioether (sulfide) groups is 1. The Kier molecular flexibility index (Phi) is 3.85. The predicted molar refractivity (Wildman–Crippen MR) is 75.8 cm³/mol. The molecule has 1 spiro atoms. The Hall–Kier alpha value is -0.550. The summed E-state index contributed by atoms with van der Waals surface area (Å²) in [5, 5.41) is 0. The van der Waals surface area contributed by atoms with Crippen LogP contribution in [0.2, 0.25) is 0 Å². The lowest BCUT2D eigenvalue weighted by molar-refractivity contribution is -0.143. The van der Waals surface area contributed by atoms with Crippen LogP contribution in [-0.2, 0) is 9.59 Å². The van der Waals surface area contributed by atoms with E-state index in [-0.39, 0.29) is 17.2 Å². The number of rotatable bonds is 2. The van der Waals surface area contributed by atoms with Gasteiger partial charge >= 0.3 is 0 Å². The molecule has 0 aromatic carbocycles. The average molecular weight is 282 g/mol. The van der Waals surface area contributed by atoms with Gasteiger partial charge in [-0.05, 0) is 44.5 Å². The van der Waals surface area contributed by atoms with Crippen molar-refractivity contribution in [2.24, 2.45) is 5.41 Å². The lowest BCUT2D eigenvalue weighted by Crippen LogP contribution is -2.45. The first kappa shape index (κ1) is 13.4. The largest absolute Gasteiger partial charge is 0.286 e. The van der Waals surface area contributed by atoms with Crippen molar-refractivity contribution < 1.29 is 9.59 Å². The van der Waals surface area contributed by atoms with E-state index in [2.05, 4.69) is 4.90 Å². The molecular formula is C14H22N2O2S. The molecule has 0 aromatic rings. The zero-order valence-corrected chi connectivity index (χ0v) is 12.2. The van der Waals surface area contributed by atoms with Crippen molar-refractivity contribution in [1.29, 1.82) is 0 Å². The fourth-order valence-electron chi connectivity index (χ4n) is 3.46. The average Bonchev–Trinajstić information content (AvgIpc) is 2.66. The molecule has 0 bridgehead atoms. The van der Waals surface area contributed by atoms with Gasteiger partial charge in [-0.3, -0.25) is 19.4 Å². The first-order valence-electron chi connectivity index (χ1n) is 7.36. The van der Waals surface area contributed by atoms with Gasteiger partial charge in [-0.2, -0.15) is 11.8 Å². The number of hydrogen-bond acceptors (Lipinski definition) is 4. The molecule has 0 N–H and O–H groups in total. The molecule has 0 saturated carbocycles. The molecule has 3 aliphatic rings. The Morgan fingerprint density at radius 2 is 1.89 bits per heavy atom. The molecule has 1 unspecified atom stereocenters. The van der Waals surface area contributed by atoms with Crippen LogP contribution in [0.3, 0.4) is 0 Å². The number of imide groups is 1. The number of carbonyl (C=O) groups is 2. The summed E-state index contributed by atoms with van der Waals surface area (Å²) in [5.74, 6) is 2.14. The third-order valence-corrected chi connectivity index (χ3v) is 5.94. The van der Waals surface area contributed by atoms with Gasteiger partial charge < -0.3 is 0 Å². The summed E-state index contributed by atoms with van der Waals surface area (Å²) in [6.07, 6.45) is 6.09. The van der Waals surface area contributed by atoms with Crippen LogP contribution in [0.5, 0.6) is 0 Å². The van der Waals surface area contributed by atoms with Gasteiger partial charge in [-0.1, -0.05) is 6.42 Å². The maximum absolute atomic E-state index is 12.6. The topological polar surface area (TPSA) is 40.6 Å². The highest BCUT2D eigenvalue weighted by atomic mass is 32.2. The van der Waals surface area contributed by atoms with Gasteiger partial charge in [0.05, 0.1) is 12.1 Å². The predicted octanol–water partition coefficient (Wildman–Crippen LogP) is 1.70. The molecule has 0 aliphatic carbocycles. The van der Waals surface area contributed by atoms with E-state index >= 15 is 0 Å². The van der Waals surface area contributed by atoms with Crippen molar-refractivity contribution in [2.45, 2.75) is 38.5 Å².